The highest BCUT2D eigenvalue weighted by Crippen LogP contribution is 2.42. The van der Waals surface area contributed by atoms with Gasteiger partial charge in [-0.2, -0.15) is 0 Å². The Morgan fingerprint density at radius 2 is 1.49 bits per heavy atom. The summed E-state index contributed by atoms with van der Waals surface area (Å²) in [5, 5.41) is 0. The van der Waals surface area contributed by atoms with Crippen LogP contribution >= 0.6 is 0 Å². The lowest BCUT2D eigenvalue weighted by atomic mass is 9.85. The molecule has 0 saturated heterocycles. The van der Waals surface area contributed by atoms with Crippen LogP contribution in [0.1, 0.15) is 43.0 Å². The molecule has 0 aromatic heterocycles. The molecule has 0 aliphatic carbocycles. The Labute approximate surface area is 209 Å². The van der Waals surface area contributed by atoms with Gasteiger partial charge in [-0.25, -0.2) is 0 Å². The Bertz CT molecular complexity index is 1250. The molecule has 0 N–H and O–H groups in total. The minimum absolute atomic E-state index is 0.0298. The van der Waals surface area contributed by atoms with E-state index in [1.807, 2.05) is 31.2 Å². The molecule has 3 aromatic rings. The van der Waals surface area contributed by atoms with Crippen molar-refractivity contribution in [2.45, 2.75) is 33.1 Å². The van der Waals surface area contributed by atoms with Crippen molar-refractivity contribution in [1.82, 2.24) is 0 Å². The van der Waals surface area contributed by atoms with Gasteiger partial charge >= 0.3 is 0 Å². The summed E-state index contributed by atoms with van der Waals surface area (Å²) in [5.74, 6) is 2.79. The number of hydrogen-bond acceptors (Lipinski definition) is 4. The molecule has 0 aliphatic rings. The molecule has 0 unspecified atom stereocenters. The van der Waals surface area contributed by atoms with E-state index in [-0.39, 0.29) is 5.41 Å². The van der Waals surface area contributed by atoms with Gasteiger partial charge in [0, 0.05) is 11.1 Å². The van der Waals surface area contributed by atoms with Gasteiger partial charge in [0.15, 0.2) is 23.0 Å². The lowest BCUT2D eigenvalue weighted by Crippen LogP contribution is -2.10. The largest absolute Gasteiger partial charge is 0.493 e. The van der Waals surface area contributed by atoms with Crippen LogP contribution in [-0.2, 0) is 5.41 Å². The second-order valence-electron chi connectivity index (χ2n) is 9.41. The van der Waals surface area contributed by atoms with Crippen molar-refractivity contribution in [2.75, 3.05) is 28.4 Å². The predicted octanol–water partition coefficient (Wildman–Crippen LogP) is 7.72. The molecule has 0 aliphatic heterocycles. The van der Waals surface area contributed by atoms with Crippen LogP contribution in [0.25, 0.3) is 22.8 Å². The first-order valence-corrected chi connectivity index (χ1v) is 11.6. The number of hydrogen-bond donors (Lipinski definition) is 0. The van der Waals surface area contributed by atoms with Crippen LogP contribution in [0.5, 0.6) is 23.0 Å². The third-order valence-electron chi connectivity index (χ3n) is 6.22. The third kappa shape index (κ3) is 5.37. The molecule has 0 fully saturated rings. The number of benzene rings is 3. The Morgan fingerprint density at radius 1 is 0.800 bits per heavy atom. The molecule has 3 rings (SSSR count). The van der Waals surface area contributed by atoms with E-state index >= 15 is 0 Å². The van der Waals surface area contributed by atoms with E-state index in [2.05, 4.69) is 63.8 Å². The number of methoxy groups -OCH3 is 4. The summed E-state index contributed by atoms with van der Waals surface area (Å²) < 4.78 is 22.6. The SMILES string of the molecule is C=C/C(=C\c1ccc(OC)c(OC)c1C)c1cc(OC)c(OC)c(-c2cccc(C(C)(C)C)c2)c1. The molecule has 0 spiro atoms. The molecule has 0 atom stereocenters. The van der Waals surface area contributed by atoms with E-state index in [9.17, 15) is 0 Å². The number of allylic oxidation sites excluding steroid dienone is 2. The first kappa shape index (κ1) is 26.0. The van der Waals surface area contributed by atoms with Crippen LogP contribution < -0.4 is 18.9 Å². The highest BCUT2D eigenvalue weighted by molar-refractivity contribution is 5.91. The second kappa shape index (κ2) is 10.7. The molecule has 0 amide bonds. The average Bonchev–Trinajstić information content (AvgIpc) is 2.86. The van der Waals surface area contributed by atoms with E-state index < -0.39 is 0 Å². The summed E-state index contributed by atoms with van der Waals surface area (Å²) in [5.41, 5.74) is 7.25. The normalized spacial score (nSPS) is 11.7. The van der Waals surface area contributed by atoms with Crippen molar-refractivity contribution in [3.05, 3.63) is 83.4 Å². The predicted molar refractivity (Wildman–Crippen MR) is 146 cm³/mol. The highest BCUT2D eigenvalue weighted by atomic mass is 16.5. The number of rotatable bonds is 8. The van der Waals surface area contributed by atoms with Gasteiger partial charge in [0.25, 0.3) is 0 Å². The van der Waals surface area contributed by atoms with E-state index in [4.69, 9.17) is 18.9 Å². The zero-order chi connectivity index (χ0) is 25.8. The van der Waals surface area contributed by atoms with Gasteiger partial charge in [-0.1, -0.05) is 63.8 Å². The zero-order valence-electron chi connectivity index (χ0n) is 22.1. The fourth-order valence-electron chi connectivity index (χ4n) is 4.18. The Morgan fingerprint density at radius 3 is 2.06 bits per heavy atom. The molecule has 0 heterocycles. The van der Waals surface area contributed by atoms with Gasteiger partial charge in [-0.3, -0.25) is 0 Å². The quantitative estimate of drug-likeness (QED) is 0.248. The summed E-state index contributed by atoms with van der Waals surface area (Å²) in [6.45, 7) is 12.7. The lowest BCUT2D eigenvalue weighted by Gasteiger charge is -2.21. The van der Waals surface area contributed by atoms with Crippen LogP contribution in [0.15, 0.2) is 61.2 Å². The Hall–Kier alpha value is -3.66. The fourth-order valence-corrected chi connectivity index (χ4v) is 4.18. The molecule has 0 bridgehead atoms. The minimum Gasteiger partial charge on any atom is -0.493 e. The monoisotopic (exact) mass is 472 g/mol. The molecule has 4 heteroatoms. The molecule has 4 nitrogen and oxygen atoms in total. The Kier molecular flexibility index (Phi) is 7.96. The lowest BCUT2D eigenvalue weighted by molar-refractivity contribution is 0.353. The topological polar surface area (TPSA) is 36.9 Å². The van der Waals surface area contributed by atoms with Gasteiger partial charge in [0.2, 0.25) is 0 Å². The third-order valence-corrected chi connectivity index (χ3v) is 6.22. The van der Waals surface area contributed by atoms with Crippen molar-refractivity contribution < 1.29 is 18.9 Å². The maximum absolute atomic E-state index is 5.81. The summed E-state index contributed by atoms with van der Waals surface area (Å²) in [6, 6.07) is 16.6. The fraction of sp³-hybridized carbons (Fsp3) is 0.290. The van der Waals surface area contributed by atoms with Crippen molar-refractivity contribution in [3.8, 4) is 34.1 Å². The molecule has 35 heavy (non-hydrogen) atoms. The standard InChI is InChI=1S/C31H36O4/c1-10-21(16-22-14-15-27(32-6)29(34-8)20(22)2)24-18-26(30(35-9)28(19-24)33-7)23-12-11-13-25(17-23)31(3,4)5/h10-19H,1H2,2-9H3/b21-16+. The van der Waals surface area contributed by atoms with E-state index in [1.54, 1.807) is 28.4 Å². The summed E-state index contributed by atoms with van der Waals surface area (Å²) in [6.07, 6.45) is 3.95. The average molecular weight is 473 g/mol. The highest BCUT2D eigenvalue weighted by Gasteiger charge is 2.19. The van der Waals surface area contributed by atoms with Crippen molar-refractivity contribution in [3.63, 3.8) is 0 Å². The van der Waals surface area contributed by atoms with Crippen LogP contribution in [0.2, 0.25) is 0 Å². The van der Waals surface area contributed by atoms with Gasteiger partial charge in [-0.15, -0.1) is 0 Å². The summed E-state index contributed by atoms with van der Waals surface area (Å²) in [4.78, 5) is 0. The molecular formula is C31H36O4. The van der Waals surface area contributed by atoms with Gasteiger partial charge in [-0.05, 0) is 64.4 Å². The summed E-state index contributed by atoms with van der Waals surface area (Å²) in [7, 11) is 6.62. The zero-order valence-corrected chi connectivity index (χ0v) is 22.1. The Balaban J connectivity index is 2.23. The van der Waals surface area contributed by atoms with Crippen LogP contribution in [0.4, 0.5) is 0 Å². The maximum atomic E-state index is 5.81. The van der Waals surface area contributed by atoms with Gasteiger partial charge in [0.1, 0.15) is 0 Å². The first-order valence-electron chi connectivity index (χ1n) is 11.6. The van der Waals surface area contributed by atoms with Crippen molar-refractivity contribution >= 4 is 11.6 Å². The molecule has 3 aromatic carbocycles. The smallest absolute Gasteiger partial charge is 0.168 e. The van der Waals surface area contributed by atoms with E-state index in [0.717, 1.165) is 39.1 Å². The first-order chi connectivity index (χ1) is 16.7. The van der Waals surface area contributed by atoms with Gasteiger partial charge < -0.3 is 18.9 Å². The van der Waals surface area contributed by atoms with Crippen molar-refractivity contribution in [1.29, 1.82) is 0 Å². The minimum atomic E-state index is 0.0298. The van der Waals surface area contributed by atoms with E-state index in [0.29, 0.717) is 17.2 Å². The molecular weight excluding hydrogens is 436 g/mol. The van der Waals surface area contributed by atoms with Crippen LogP contribution in [0.3, 0.4) is 0 Å². The van der Waals surface area contributed by atoms with Crippen molar-refractivity contribution in [2.24, 2.45) is 0 Å². The second-order valence-corrected chi connectivity index (χ2v) is 9.41. The summed E-state index contributed by atoms with van der Waals surface area (Å²) >= 11 is 0. The molecule has 0 saturated carbocycles. The van der Waals surface area contributed by atoms with Crippen LogP contribution in [0, 0.1) is 6.92 Å². The maximum Gasteiger partial charge on any atom is 0.168 e. The molecule has 184 valence electrons. The number of ether oxygens (including phenoxy) is 4. The van der Waals surface area contributed by atoms with E-state index in [1.165, 1.54) is 5.56 Å². The molecule has 0 radical (unpaired) electrons. The van der Waals surface area contributed by atoms with Gasteiger partial charge in [0.05, 0.1) is 28.4 Å². The van der Waals surface area contributed by atoms with Crippen LogP contribution in [-0.4, -0.2) is 28.4 Å².